The Morgan fingerprint density at radius 2 is 2.57 bits per heavy atom. The van der Waals surface area contributed by atoms with E-state index in [4.69, 9.17) is 11.6 Å². The Bertz CT molecular complexity index is 354. The maximum atomic E-state index is 11.5. The van der Waals surface area contributed by atoms with Crippen molar-refractivity contribution in [3.8, 4) is 0 Å². The van der Waals surface area contributed by atoms with E-state index in [0.29, 0.717) is 29.9 Å². The van der Waals surface area contributed by atoms with Gasteiger partial charge in [-0.05, 0) is 11.7 Å². The summed E-state index contributed by atoms with van der Waals surface area (Å²) in [6, 6.07) is 1.65. The molecule has 0 radical (unpaired) electrons. The molecular formula is C8H10ClN3OS. The number of hydrogen-bond acceptors (Lipinski definition) is 3. The van der Waals surface area contributed by atoms with Gasteiger partial charge in [-0.25, -0.2) is 0 Å². The number of carbonyl (C=O) groups excluding carboxylic acids is 1. The largest absolute Gasteiger partial charge is 0.295 e. The van der Waals surface area contributed by atoms with Crippen LogP contribution in [0.2, 0.25) is 5.15 Å². The van der Waals surface area contributed by atoms with Gasteiger partial charge in [-0.3, -0.25) is 14.8 Å². The van der Waals surface area contributed by atoms with Crippen LogP contribution in [0.1, 0.15) is 6.42 Å². The molecule has 1 N–H and O–H groups in total. The van der Waals surface area contributed by atoms with Crippen molar-refractivity contribution in [3.05, 3.63) is 11.2 Å². The van der Waals surface area contributed by atoms with E-state index in [1.54, 1.807) is 11.0 Å². The highest BCUT2D eigenvalue weighted by atomic mass is 35.5. The monoisotopic (exact) mass is 231 g/mol. The maximum absolute atomic E-state index is 11.5. The molecule has 0 bridgehead atoms. The van der Waals surface area contributed by atoms with Gasteiger partial charge in [0.1, 0.15) is 5.15 Å². The molecule has 1 aromatic rings. The van der Waals surface area contributed by atoms with Crippen molar-refractivity contribution in [2.45, 2.75) is 6.42 Å². The first-order chi connectivity index (χ1) is 6.70. The fourth-order valence-electron chi connectivity index (χ4n) is 1.55. The summed E-state index contributed by atoms with van der Waals surface area (Å²) in [5.41, 5.74) is 0. The third-order valence-electron chi connectivity index (χ3n) is 2.27. The molecule has 0 saturated carbocycles. The molecule has 1 aromatic heterocycles. The molecule has 0 aromatic carbocycles. The highest BCUT2D eigenvalue weighted by Crippen LogP contribution is 2.25. The van der Waals surface area contributed by atoms with Crippen LogP contribution in [0.25, 0.3) is 0 Å². The van der Waals surface area contributed by atoms with Crippen LogP contribution in [-0.2, 0) is 4.79 Å². The minimum Gasteiger partial charge on any atom is -0.295 e. The molecule has 4 nitrogen and oxygen atoms in total. The molecule has 6 heteroatoms. The Hall–Kier alpha value is -0.680. The third-order valence-corrected chi connectivity index (χ3v) is 2.98. The number of anilines is 1. The van der Waals surface area contributed by atoms with Crippen molar-refractivity contribution in [1.29, 1.82) is 0 Å². The first-order valence-corrected chi connectivity index (χ1v) is 5.34. The molecule has 2 rings (SSSR count). The van der Waals surface area contributed by atoms with Gasteiger partial charge in [-0.2, -0.15) is 17.7 Å². The summed E-state index contributed by atoms with van der Waals surface area (Å²) in [7, 11) is 0. The summed E-state index contributed by atoms with van der Waals surface area (Å²) in [6.07, 6.45) is 0.550. The second-order valence-electron chi connectivity index (χ2n) is 3.33. The van der Waals surface area contributed by atoms with E-state index in [9.17, 15) is 4.79 Å². The summed E-state index contributed by atoms with van der Waals surface area (Å²) >= 11 is 9.87. The number of rotatable bonds is 2. The average Bonchev–Trinajstić information content (AvgIpc) is 2.71. The van der Waals surface area contributed by atoms with Crippen molar-refractivity contribution >= 4 is 36.0 Å². The van der Waals surface area contributed by atoms with Crippen LogP contribution < -0.4 is 4.90 Å². The first-order valence-electron chi connectivity index (χ1n) is 4.33. The van der Waals surface area contributed by atoms with Crippen LogP contribution in [0.5, 0.6) is 0 Å². The smallest absolute Gasteiger partial charge is 0.228 e. The van der Waals surface area contributed by atoms with Crippen LogP contribution in [0.4, 0.5) is 5.82 Å². The predicted molar refractivity (Wildman–Crippen MR) is 57.9 cm³/mol. The van der Waals surface area contributed by atoms with Gasteiger partial charge >= 0.3 is 0 Å². The van der Waals surface area contributed by atoms with E-state index in [1.165, 1.54) is 0 Å². The number of carbonyl (C=O) groups is 1. The number of aromatic nitrogens is 2. The molecule has 1 fully saturated rings. The lowest BCUT2D eigenvalue weighted by Crippen LogP contribution is -2.24. The maximum Gasteiger partial charge on any atom is 0.228 e. The van der Waals surface area contributed by atoms with Crippen LogP contribution in [0, 0.1) is 5.92 Å². The number of nitrogens with zero attached hydrogens (tertiary/aromatic N) is 2. The van der Waals surface area contributed by atoms with Crippen LogP contribution in [-0.4, -0.2) is 28.4 Å². The summed E-state index contributed by atoms with van der Waals surface area (Å²) < 4.78 is 0. The zero-order valence-corrected chi connectivity index (χ0v) is 9.05. The van der Waals surface area contributed by atoms with Gasteiger partial charge in [-0.1, -0.05) is 11.6 Å². The van der Waals surface area contributed by atoms with Crippen LogP contribution in [0.15, 0.2) is 6.07 Å². The molecule has 0 aliphatic carbocycles. The Balaban J connectivity index is 2.16. The molecular weight excluding hydrogens is 222 g/mol. The van der Waals surface area contributed by atoms with Gasteiger partial charge in [0.05, 0.1) is 0 Å². The van der Waals surface area contributed by atoms with Gasteiger partial charge in [-0.15, -0.1) is 0 Å². The van der Waals surface area contributed by atoms with Crippen molar-refractivity contribution < 1.29 is 4.79 Å². The number of halogens is 1. The van der Waals surface area contributed by atoms with E-state index in [0.717, 1.165) is 5.75 Å². The molecule has 14 heavy (non-hydrogen) atoms. The summed E-state index contributed by atoms with van der Waals surface area (Å²) in [6.45, 7) is 0.684. The lowest BCUT2D eigenvalue weighted by Gasteiger charge is -2.11. The van der Waals surface area contributed by atoms with E-state index in [-0.39, 0.29) is 5.91 Å². The summed E-state index contributed by atoms with van der Waals surface area (Å²) in [5.74, 6) is 1.73. The van der Waals surface area contributed by atoms with Crippen LogP contribution in [0.3, 0.4) is 0 Å². The Morgan fingerprint density at radius 3 is 3.07 bits per heavy atom. The SMILES string of the molecule is O=C1CC(CS)CN1c1cc(Cl)[nH]n1. The van der Waals surface area contributed by atoms with E-state index >= 15 is 0 Å². The van der Waals surface area contributed by atoms with Crippen molar-refractivity contribution in [2.75, 3.05) is 17.2 Å². The van der Waals surface area contributed by atoms with Gasteiger partial charge in [0.2, 0.25) is 5.91 Å². The van der Waals surface area contributed by atoms with E-state index in [1.807, 2.05) is 0 Å². The molecule has 1 aliphatic heterocycles. The third kappa shape index (κ3) is 1.74. The Labute approximate surface area is 92.0 Å². The lowest BCUT2D eigenvalue weighted by atomic mass is 10.1. The fourth-order valence-corrected chi connectivity index (χ4v) is 1.94. The number of nitrogens with one attached hydrogen (secondary N) is 1. The molecule has 1 atom stereocenters. The van der Waals surface area contributed by atoms with Gasteiger partial charge in [0, 0.05) is 19.0 Å². The zero-order chi connectivity index (χ0) is 10.1. The van der Waals surface area contributed by atoms with Crippen molar-refractivity contribution in [2.24, 2.45) is 5.92 Å². The van der Waals surface area contributed by atoms with E-state index < -0.39 is 0 Å². The Morgan fingerprint density at radius 1 is 1.79 bits per heavy atom. The van der Waals surface area contributed by atoms with E-state index in [2.05, 4.69) is 22.8 Å². The number of amides is 1. The zero-order valence-electron chi connectivity index (χ0n) is 7.40. The lowest BCUT2D eigenvalue weighted by molar-refractivity contribution is -0.117. The molecule has 1 aliphatic rings. The second-order valence-corrected chi connectivity index (χ2v) is 4.10. The fraction of sp³-hybridized carbons (Fsp3) is 0.500. The normalized spacial score (nSPS) is 22.0. The second kappa shape index (κ2) is 3.82. The highest BCUT2D eigenvalue weighted by Gasteiger charge is 2.30. The number of H-pyrrole nitrogens is 1. The quantitative estimate of drug-likeness (QED) is 0.755. The first kappa shape index (κ1) is 9.86. The Kier molecular flexibility index (Phi) is 2.69. The highest BCUT2D eigenvalue weighted by molar-refractivity contribution is 7.80. The molecule has 0 spiro atoms. The van der Waals surface area contributed by atoms with Gasteiger partial charge in [0.25, 0.3) is 0 Å². The van der Waals surface area contributed by atoms with Gasteiger partial charge < -0.3 is 0 Å². The van der Waals surface area contributed by atoms with Crippen molar-refractivity contribution in [3.63, 3.8) is 0 Å². The number of aromatic amines is 1. The summed E-state index contributed by atoms with van der Waals surface area (Å²) in [5, 5.41) is 6.99. The average molecular weight is 232 g/mol. The predicted octanol–water partition coefficient (Wildman–Crippen LogP) is 1.35. The minimum atomic E-state index is 0.0900. The molecule has 1 amide bonds. The molecule has 76 valence electrons. The number of thiol groups is 1. The number of hydrogen-bond donors (Lipinski definition) is 2. The van der Waals surface area contributed by atoms with Gasteiger partial charge in [0.15, 0.2) is 5.82 Å². The van der Waals surface area contributed by atoms with Crippen molar-refractivity contribution in [1.82, 2.24) is 10.2 Å². The standard InChI is InChI=1S/C8H10ClN3OS/c9-6-2-7(11-10-6)12-3-5(4-14)1-8(12)13/h2,5,14H,1,3-4H2,(H,10,11). The van der Waals surface area contributed by atoms with Crippen LogP contribution >= 0.6 is 24.2 Å². The minimum absolute atomic E-state index is 0.0900. The molecule has 1 saturated heterocycles. The summed E-state index contributed by atoms with van der Waals surface area (Å²) in [4.78, 5) is 13.2. The topological polar surface area (TPSA) is 49.0 Å². The molecule has 1 unspecified atom stereocenters. The molecule has 2 heterocycles.